The van der Waals surface area contributed by atoms with E-state index in [1.165, 1.54) is 0 Å². The first-order valence-corrected chi connectivity index (χ1v) is 6.85. The van der Waals surface area contributed by atoms with Crippen LogP contribution in [0.5, 0.6) is 0 Å². The van der Waals surface area contributed by atoms with Gasteiger partial charge in [-0.15, -0.1) is 0 Å². The van der Waals surface area contributed by atoms with Crippen LogP contribution in [0.4, 0.5) is 0 Å². The lowest BCUT2D eigenvalue weighted by atomic mass is 10.0. The van der Waals surface area contributed by atoms with Crippen molar-refractivity contribution >= 4 is 11.9 Å². The number of hydrogen-bond donors (Lipinski definition) is 2. The van der Waals surface area contributed by atoms with Gasteiger partial charge in [-0.25, -0.2) is 4.79 Å². The minimum Gasteiger partial charge on any atom is -0.478 e. The zero-order chi connectivity index (χ0) is 14.4. The number of rotatable bonds is 5. The van der Waals surface area contributed by atoms with E-state index in [2.05, 4.69) is 5.32 Å². The van der Waals surface area contributed by atoms with Crippen molar-refractivity contribution in [3.05, 3.63) is 35.4 Å². The van der Waals surface area contributed by atoms with Crippen LogP contribution in [-0.4, -0.2) is 36.7 Å². The Balaban J connectivity index is 1.83. The minimum absolute atomic E-state index is 0.00231. The van der Waals surface area contributed by atoms with Gasteiger partial charge in [-0.3, -0.25) is 4.79 Å². The van der Waals surface area contributed by atoms with Crippen molar-refractivity contribution in [2.45, 2.75) is 19.3 Å². The average Bonchev–Trinajstić information content (AvgIpc) is 2.48. The first kappa shape index (κ1) is 14.5. The van der Waals surface area contributed by atoms with Crippen LogP contribution >= 0.6 is 0 Å². The van der Waals surface area contributed by atoms with Crippen LogP contribution in [0.2, 0.25) is 0 Å². The molecule has 1 aliphatic heterocycles. The van der Waals surface area contributed by atoms with E-state index < -0.39 is 5.97 Å². The van der Waals surface area contributed by atoms with Gasteiger partial charge in [0.15, 0.2) is 0 Å². The summed E-state index contributed by atoms with van der Waals surface area (Å²) in [5, 5.41) is 11.9. The molecular weight excluding hydrogens is 258 g/mol. The summed E-state index contributed by atoms with van der Waals surface area (Å²) < 4.78 is 5.28. The summed E-state index contributed by atoms with van der Waals surface area (Å²) in [5.41, 5.74) is 1.03. The highest BCUT2D eigenvalue weighted by atomic mass is 16.5. The fourth-order valence-corrected chi connectivity index (χ4v) is 2.36. The number of carbonyl (C=O) groups is 2. The molecule has 1 saturated heterocycles. The molecule has 0 radical (unpaired) electrons. The molecule has 2 rings (SSSR count). The molecule has 5 nitrogen and oxygen atoms in total. The second kappa shape index (κ2) is 7.05. The van der Waals surface area contributed by atoms with Gasteiger partial charge < -0.3 is 15.2 Å². The van der Waals surface area contributed by atoms with Crippen LogP contribution < -0.4 is 5.32 Å². The summed E-state index contributed by atoms with van der Waals surface area (Å²) in [7, 11) is 0. The Hall–Kier alpha value is -1.88. The lowest BCUT2D eigenvalue weighted by Gasteiger charge is -2.21. The fourth-order valence-electron chi connectivity index (χ4n) is 2.36. The quantitative estimate of drug-likeness (QED) is 0.854. The Morgan fingerprint density at radius 1 is 1.35 bits per heavy atom. The van der Waals surface area contributed by atoms with Crippen molar-refractivity contribution in [2.24, 2.45) is 5.92 Å². The standard InChI is InChI=1S/C15H19NO4/c17-14(12-5-3-9-20-10-12)16-8-7-11-4-1-2-6-13(11)15(18)19/h1-2,4,6,12H,3,5,7-10H2,(H,16,17)(H,18,19). The van der Waals surface area contributed by atoms with E-state index in [1.807, 2.05) is 0 Å². The average molecular weight is 277 g/mol. The number of nitrogens with one attached hydrogen (secondary N) is 1. The molecule has 1 fully saturated rings. The van der Waals surface area contributed by atoms with Crippen LogP contribution in [0.1, 0.15) is 28.8 Å². The van der Waals surface area contributed by atoms with E-state index in [4.69, 9.17) is 9.84 Å². The topological polar surface area (TPSA) is 75.6 Å². The van der Waals surface area contributed by atoms with Crippen molar-refractivity contribution in [3.63, 3.8) is 0 Å². The van der Waals surface area contributed by atoms with Crippen molar-refractivity contribution in [1.82, 2.24) is 5.32 Å². The molecule has 1 unspecified atom stereocenters. The maximum absolute atomic E-state index is 11.9. The normalized spacial score (nSPS) is 18.5. The van der Waals surface area contributed by atoms with Gasteiger partial charge in [0, 0.05) is 13.2 Å². The van der Waals surface area contributed by atoms with E-state index in [9.17, 15) is 9.59 Å². The highest BCUT2D eigenvalue weighted by molar-refractivity contribution is 5.89. The zero-order valence-electron chi connectivity index (χ0n) is 11.3. The van der Waals surface area contributed by atoms with E-state index in [1.54, 1.807) is 24.3 Å². The van der Waals surface area contributed by atoms with Crippen LogP contribution in [0.3, 0.4) is 0 Å². The molecule has 20 heavy (non-hydrogen) atoms. The second-order valence-electron chi connectivity index (χ2n) is 4.92. The SMILES string of the molecule is O=C(O)c1ccccc1CCNC(=O)C1CCCOC1. The molecule has 5 heteroatoms. The van der Waals surface area contributed by atoms with Gasteiger partial charge in [-0.05, 0) is 30.9 Å². The summed E-state index contributed by atoms with van der Waals surface area (Å²) in [6, 6.07) is 6.86. The number of ether oxygens (including phenoxy) is 1. The predicted molar refractivity (Wildman–Crippen MR) is 73.7 cm³/mol. The Kier molecular flexibility index (Phi) is 5.12. The molecule has 0 bridgehead atoms. The van der Waals surface area contributed by atoms with Crippen LogP contribution in [0.15, 0.2) is 24.3 Å². The third kappa shape index (κ3) is 3.81. The number of aromatic carboxylic acids is 1. The van der Waals surface area contributed by atoms with E-state index >= 15 is 0 Å². The van der Waals surface area contributed by atoms with Gasteiger partial charge in [-0.1, -0.05) is 18.2 Å². The number of carbonyl (C=O) groups excluding carboxylic acids is 1. The molecule has 1 aliphatic rings. The molecule has 1 aromatic rings. The Morgan fingerprint density at radius 2 is 2.15 bits per heavy atom. The monoisotopic (exact) mass is 277 g/mol. The summed E-state index contributed by atoms with van der Waals surface area (Å²) in [6.45, 7) is 1.66. The third-order valence-corrected chi connectivity index (χ3v) is 3.47. The van der Waals surface area contributed by atoms with Crippen molar-refractivity contribution in [3.8, 4) is 0 Å². The van der Waals surface area contributed by atoms with Crippen molar-refractivity contribution < 1.29 is 19.4 Å². The van der Waals surface area contributed by atoms with Gasteiger partial charge in [-0.2, -0.15) is 0 Å². The lowest BCUT2D eigenvalue weighted by molar-refractivity contribution is -0.128. The minimum atomic E-state index is -0.937. The zero-order valence-corrected chi connectivity index (χ0v) is 11.3. The van der Waals surface area contributed by atoms with Crippen molar-refractivity contribution in [2.75, 3.05) is 19.8 Å². The number of carboxylic acid groups (broad SMARTS) is 1. The van der Waals surface area contributed by atoms with Gasteiger partial charge in [0.1, 0.15) is 0 Å². The smallest absolute Gasteiger partial charge is 0.335 e. The maximum atomic E-state index is 11.9. The van der Waals surface area contributed by atoms with Gasteiger partial charge in [0.05, 0.1) is 18.1 Å². The molecule has 0 aromatic heterocycles. The summed E-state index contributed by atoms with van der Waals surface area (Å²) in [6.07, 6.45) is 2.29. The highest BCUT2D eigenvalue weighted by Gasteiger charge is 2.21. The first-order valence-electron chi connectivity index (χ1n) is 6.85. The largest absolute Gasteiger partial charge is 0.478 e. The summed E-state index contributed by atoms with van der Waals surface area (Å²) in [5.74, 6) is -1.01. The fraction of sp³-hybridized carbons (Fsp3) is 0.467. The molecule has 1 heterocycles. The van der Waals surface area contributed by atoms with Crippen LogP contribution in [0, 0.1) is 5.92 Å². The Bertz CT molecular complexity index is 481. The molecule has 1 amide bonds. The maximum Gasteiger partial charge on any atom is 0.335 e. The first-order chi connectivity index (χ1) is 9.68. The molecular formula is C15H19NO4. The number of benzene rings is 1. The van der Waals surface area contributed by atoms with Gasteiger partial charge in [0.2, 0.25) is 5.91 Å². The van der Waals surface area contributed by atoms with Gasteiger partial charge >= 0.3 is 5.97 Å². The van der Waals surface area contributed by atoms with E-state index in [0.29, 0.717) is 25.1 Å². The molecule has 0 saturated carbocycles. The summed E-state index contributed by atoms with van der Waals surface area (Å²) >= 11 is 0. The highest BCUT2D eigenvalue weighted by Crippen LogP contribution is 2.13. The van der Waals surface area contributed by atoms with Crippen LogP contribution in [0.25, 0.3) is 0 Å². The van der Waals surface area contributed by atoms with E-state index in [0.717, 1.165) is 25.0 Å². The lowest BCUT2D eigenvalue weighted by Crippen LogP contribution is -2.36. The molecule has 0 spiro atoms. The van der Waals surface area contributed by atoms with E-state index in [-0.39, 0.29) is 11.8 Å². The van der Waals surface area contributed by atoms with Crippen LogP contribution in [-0.2, 0) is 16.0 Å². The molecule has 1 atom stereocenters. The molecule has 108 valence electrons. The number of carboxylic acids is 1. The molecule has 2 N–H and O–H groups in total. The molecule has 0 aliphatic carbocycles. The Labute approximate surface area is 117 Å². The second-order valence-corrected chi connectivity index (χ2v) is 4.92. The predicted octanol–water partition coefficient (Wildman–Crippen LogP) is 1.47. The van der Waals surface area contributed by atoms with Crippen molar-refractivity contribution in [1.29, 1.82) is 0 Å². The Morgan fingerprint density at radius 3 is 2.85 bits per heavy atom. The number of hydrogen-bond acceptors (Lipinski definition) is 3. The number of amides is 1. The molecule has 1 aromatic carbocycles. The van der Waals surface area contributed by atoms with Gasteiger partial charge in [0.25, 0.3) is 0 Å². The summed E-state index contributed by atoms with van der Waals surface area (Å²) in [4.78, 5) is 23.0. The third-order valence-electron chi connectivity index (χ3n) is 3.47.